The van der Waals surface area contributed by atoms with E-state index in [4.69, 9.17) is 35.3 Å². The van der Waals surface area contributed by atoms with Crippen molar-refractivity contribution in [2.75, 3.05) is 46.2 Å². The van der Waals surface area contributed by atoms with E-state index in [0.29, 0.717) is 22.3 Å². The Morgan fingerprint density at radius 3 is 1.55 bits per heavy atom. The maximum Gasteiger partial charge on any atom is 0.205 e. The summed E-state index contributed by atoms with van der Waals surface area (Å²) < 4.78 is 26.3. The van der Waals surface area contributed by atoms with Crippen molar-refractivity contribution >= 4 is 23.0 Å². The van der Waals surface area contributed by atoms with Crippen LogP contribution >= 0.6 is 11.6 Å². The molecule has 0 spiro atoms. The third kappa shape index (κ3) is 8.65. The highest BCUT2D eigenvalue weighted by molar-refractivity contribution is 6.35. The summed E-state index contributed by atoms with van der Waals surface area (Å²) in [6, 6.07) is 7.51. The fraction of sp³-hybridized carbons (Fsp3) is 0.520. The van der Waals surface area contributed by atoms with Crippen molar-refractivity contribution in [1.82, 2.24) is 0 Å². The van der Waals surface area contributed by atoms with E-state index in [0.717, 1.165) is 22.9 Å². The molecule has 0 saturated heterocycles. The standard InChI is InChI=1S/C13H20ClNO3.C12H19NO2/c1-13(2,3)15-8-7-9(16-4)11(17-5)12(18-6)10(8)14;1-12(2,3)13-10-8-9(14-4)6-7-11(10)15-5/h7,15H,1-6H3;6-8,13H,1-5H3. The van der Waals surface area contributed by atoms with E-state index >= 15 is 0 Å². The number of rotatable bonds is 7. The molecule has 2 rings (SSSR count). The number of nitrogens with one attached hydrogen (secondary N) is 2. The Kier molecular flexibility index (Phi) is 10.3. The number of hydrogen-bond acceptors (Lipinski definition) is 7. The van der Waals surface area contributed by atoms with Gasteiger partial charge in [-0.3, -0.25) is 0 Å². The second-order valence-electron chi connectivity index (χ2n) is 9.32. The molecule has 0 unspecified atom stereocenters. The Morgan fingerprint density at radius 2 is 1.12 bits per heavy atom. The van der Waals surface area contributed by atoms with Crippen molar-refractivity contribution in [2.45, 2.75) is 52.6 Å². The molecule has 0 aromatic heterocycles. The zero-order valence-corrected chi connectivity index (χ0v) is 22.5. The van der Waals surface area contributed by atoms with Crippen molar-refractivity contribution in [3.63, 3.8) is 0 Å². The third-order valence-electron chi connectivity index (χ3n) is 4.20. The molecular formula is C25H39ClN2O5. The average molecular weight is 483 g/mol. The molecular weight excluding hydrogens is 444 g/mol. The van der Waals surface area contributed by atoms with E-state index in [1.54, 1.807) is 41.6 Å². The highest BCUT2D eigenvalue weighted by Crippen LogP contribution is 2.47. The van der Waals surface area contributed by atoms with Crippen molar-refractivity contribution in [2.24, 2.45) is 0 Å². The summed E-state index contributed by atoms with van der Waals surface area (Å²) in [5.41, 5.74) is 1.58. The van der Waals surface area contributed by atoms with Crippen LogP contribution in [0, 0.1) is 0 Å². The molecule has 0 fully saturated rings. The molecule has 33 heavy (non-hydrogen) atoms. The minimum atomic E-state index is -0.117. The van der Waals surface area contributed by atoms with Crippen LogP contribution in [0.2, 0.25) is 5.02 Å². The van der Waals surface area contributed by atoms with Gasteiger partial charge in [0.25, 0.3) is 0 Å². The molecule has 0 amide bonds. The smallest absolute Gasteiger partial charge is 0.205 e. The SMILES string of the molecule is COc1cc(NC(C)(C)C)c(Cl)c(OC)c1OC.COc1ccc(OC)c(NC(C)(C)C)c1. The van der Waals surface area contributed by atoms with Crippen molar-refractivity contribution in [3.05, 3.63) is 29.3 Å². The molecule has 0 radical (unpaired) electrons. The molecule has 7 nitrogen and oxygen atoms in total. The van der Waals surface area contributed by atoms with Crippen LogP contribution in [0.15, 0.2) is 24.3 Å². The van der Waals surface area contributed by atoms with Crippen LogP contribution < -0.4 is 34.3 Å². The maximum atomic E-state index is 6.30. The van der Waals surface area contributed by atoms with Gasteiger partial charge in [0.2, 0.25) is 5.75 Å². The predicted molar refractivity (Wildman–Crippen MR) is 137 cm³/mol. The fourth-order valence-electron chi connectivity index (χ4n) is 2.93. The van der Waals surface area contributed by atoms with Crippen LogP contribution in [-0.2, 0) is 0 Å². The molecule has 0 bridgehead atoms. The van der Waals surface area contributed by atoms with E-state index in [1.165, 1.54) is 0 Å². The lowest BCUT2D eigenvalue weighted by molar-refractivity contribution is 0.324. The minimum absolute atomic E-state index is 0.000352. The summed E-state index contributed by atoms with van der Waals surface area (Å²) in [5, 5.41) is 7.15. The molecule has 0 aliphatic heterocycles. The van der Waals surface area contributed by atoms with Gasteiger partial charge in [-0.15, -0.1) is 0 Å². The Bertz CT molecular complexity index is 905. The van der Waals surface area contributed by atoms with Gasteiger partial charge in [-0.05, 0) is 53.7 Å². The summed E-state index contributed by atoms with van der Waals surface area (Å²) in [4.78, 5) is 0. The van der Waals surface area contributed by atoms with Crippen LogP contribution in [-0.4, -0.2) is 46.6 Å². The van der Waals surface area contributed by atoms with Crippen molar-refractivity contribution < 1.29 is 23.7 Å². The lowest BCUT2D eigenvalue weighted by atomic mass is 10.1. The van der Waals surface area contributed by atoms with Gasteiger partial charge in [0.05, 0.1) is 46.9 Å². The molecule has 0 aliphatic rings. The van der Waals surface area contributed by atoms with E-state index < -0.39 is 0 Å². The third-order valence-corrected chi connectivity index (χ3v) is 4.57. The molecule has 0 heterocycles. The Labute approximate surface area is 203 Å². The van der Waals surface area contributed by atoms with E-state index in [1.807, 2.05) is 39.0 Å². The molecule has 2 aromatic carbocycles. The normalized spacial score (nSPS) is 11.0. The Balaban J connectivity index is 0.000000335. The highest BCUT2D eigenvalue weighted by atomic mass is 35.5. The van der Waals surface area contributed by atoms with Gasteiger partial charge >= 0.3 is 0 Å². The highest BCUT2D eigenvalue weighted by Gasteiger charge is 2.22. The Hall–Kier alpha value is -2.67. The molecule has 0 aliphatic carbocycles. The number of anilines is 2. The molecule has 0 atom stereocenters. The second-order valence-corrected chi connectivity index (χ2v) is 9.70. The Morgan fingerprint density at radius 1 is 0.606 bits per heavy atom. The van der Waals surface area contributed by atoms with Crippen molar-refractivity contribution in [3.8, 4) is 28.7 Å². The monoisotopic (exact) mass is 482 g/mol. The molecule has 2 N–H and O–H groups in total. The lowest BCUT2D eigenvalue weighted by Crippen LogP contribution is -2.26. The van der Waals surface area contributed by atoms with Crippen LogP contribution in [0.1, 0.15) is 41.5 Å². The van der Waals surface area contributed by atoms with Gasteiger partial charge in [0.1, 0.15) is 16.5 Å². The van der Waals surface area contributed by atoms with Crippen LogP contribution in [0.3, 0.4) is 0 Å². The molecule has 2 aromatic rings. The first-order valence-electron chi connectivity index (χ1n) is 10.6. The number of halogens is 1. The van der Waals surface area contributed by atoms with Gasteiger partial charge in [-0.1, -0.05) is 11.6 Å². The van der Waals surface area contributed by atoms with Crippen LogP contribution in [0.5, 0.6) is 28.7 Å². The zero-order valence-electron chi connectivity index (χ0n) is 21.7. The van der Waals surface area contributed by atoms with Crippen LogP contribution in [0.4, 0.5) is 11.4 Å². The number of ether oxygens (including phenoxy) is 5. The second kappa shape index (κ2) is 12.0. The first kappa shape index (κ1) is 28.4. The average Bonchev–Trinajstić information content (AvgIpc) is 2.72. The van der Waals surface area contributed by atoms with E-state index in [2.05, 4.69) is 31.4 Å². The number of methoxy groups -OCH3 is 5. The van der Waals surface area contributed by atoms with Crippen molar-refractivity contribution in [1.29, 1.82) is 0 Å². The molecule has 186 valence electrons. The van der Waals surface area contributed by atoms with Gasteiger partial charge in [-0.25, -0.2) is 0 Å². The summed E-state index contributed by atoms with van der Waals surface area (Å²) in [6.45, 7) is 12.5. The van der Waals surface area contributed by atoms with Gasteiger partial charge in [-0.2, -0.15) is 0 Å². The minimum Gasteiger partial charge on any atom is -0.497 e. The first-order chi connectivity index (χ1) is 15.3. The van der Waals surface area contributed by atoms with E-state index in [-0.39, 0.29) is 11.1 Å². The quantitative estimate of drug-likeness (QED) is 0.467. The van der Waals surface area contributed by atoms with Gasteiger partial charge < -0.3 is 34.3 Å². The zero-order chi connectivity index (χ0) is 25.4. The van der Waals surface area contributed by atoms with Gasteiger partial charge in [0, 0.05) is 23.2 Å². The summed E-state index contributed by atoms with van der Waals surface area (Å²) in [7, 11) is 7.99. The summed E-state index contributed by atoms with van der Waals surface area (Å²) in [5.74, 6) is 3.17. The van der Waals surface area contributed by atoms with E-state index in [9.17, 15) is 0 Å². The lowest BCUT2D eigenvalue weighted by Gasteiger charge is -2.25. The number of hydrogen-bond donors (Lipinski definition) is 2. The van der Waals surface area contributed by atoms with Gasteiger partial charge in [0.15, 0.2) is 11.5 Å². The topological polar surface area (TPSA) is 70.2 Å². The molecule has 8 heteroatoms. The predicted octanol–water partition coefficient (Wildman–Crippen LogP) is 6.49. The fourth-order valence-corrected chi connectivity index (χ4v) is 3.20. The largest absolute Gasteiger partial charge is 0.497 e. The van der Waals surface area contributed by atoms with Crippen LogP contribution in [0.25, 0.3) is 0 Å². The molecule has 0 saturated carbocycles. The summed E-state index contributed by atoms with van der Waals surface area (Å²) >= 11 is 6.30. The summed E-state index contributed by atoms with van der Waals surface area (Å²) in [6.07, 6.45) is 0. The first-order valence-corrected chi connectivity index (χ1v) is 10.9. The number of benzene rings is 2. The maximum absolute atomic E-state index is 6.30.